The van der Waals surface area contributed by atoms with Crippen molar-refractivity contribution in [3.8, 4) is 5.75 Å². The fraction of sp³-hybridized carbons (Fsp3) is 0.333. The highest BCUT2D eigenvalue weighted by Crippen LogP contribution is 2.19. The van der Waals surface area contributed by atoms with Gasteiger partial charge in [-0.1, -0.05) is 12.1 Å². The molecule has 0 fully saturated rings. The summed E-state index contributed by atoms with van der Waals surface area (Å²) in [6.07, 6.45) is 3.62. The van der Waals surface area contributed by atoms with Crippen LogP contribution in [0.5, 0.6) is 5.75 Å². The third kappa shape index (κ3) is 3.51. The number of imidazole rings is 1. The maximum atomic E-state index is 5.31. The lowest BCUT2D eigenvalue weighted by molar-refractivity contribution is 0.194. The molecule has 120 valence electrons. The molecule has 23 heavy (non-hydrogen) atoms. The van der Waals surface area contributed by atoms with Gasteiger partial charge in [0.15, 0.2) is 5.65 Å². The molecule has 2 aromatic heterocycles. The molecule has 0 aliphatic carbocycles. The van der Waals surface area contributed by atoms with E-state index in [1.165, 1.54) is 5.56 Å². The number of methoxy groups -OCH3 is 2. The van der Waals surface area contributed by atoms with Gasteiger partial charge in [-0.15, -0.1) is 0 Å². The minimum absolute atomic E-state index is 0.729. The zero-order valence-electron chi connectivity index (χ0n) is 13.5. The minimum Gasteiger partial charge on any atom is -0.497 e. The SMILES string of the molecule is COCCCc1nc2cccnc2n1Cc1cccc(OC)c1. The van der Waals surface area contributed by atoms with Crippen molar-refractivity contribution in [3.05, 3.63) is 54.0 Å². The van der Waals surface area contributed by atoms with Crippen molar-refractivity contribution in [1.29, 1.82) is 0 Å². The number of hydrogen-bond donors (Lipinski definition) is 0. The Kier molecular flexibility index (Phi) is 4.88. The van der Waals surface area contributed by atoms with Crippen molar-refractivity contribution < 1.29 is 9.47 Å². The van der Waals surface area contributed by atoms with E-state index in [-0.39, 0.29) is 0 Å². The second-order valence-corrected chi connectivity index (χ2v) is 5.41. The van der Waals surface area contributed by atoms with Crippen molar-refractivity contribution in [1.82, 2.24) is 14.5 Å². The molecule has 0 saturated heterocycles. The van der Waals surface area contributed by atoms with Gasteiger partial charge < -0.3 is 14.0 Å². The van der Waals surface area contributed by atoms with Crippen LogP contribution in [0.25, 0.3) is 11.2 Å². The number of aromatic nitrogens is 3. The largest absolute Gasteiger partial charge is 0.497 e. The maximum absolute atomic E-state index is 5.31. The second kappa shape index (κ2) is 7.24. The van der Waals surface area contributed by atoms with Gasteiger partial charge in [0.2, 0.25) is 0 Å². The smallest absolute Gasteiger partial charge is 0.160 e. The van der Waals surface area contributed by atoms with E-state index in [1.807, 2.05) is 36.5 Å². The summed E-state index contributed by atoms with van der Waals surface area (Å²) in [5.41, 5.74) is 3.02. The van der Waals surface area contributed by atoms with Crippen LogP contribution in [0.2, 0.25) is 0 Å². The van der Waals surface area contributed by atoms with Crippen LogP contribution >= 0.6 is 0 Å². The summed E-state index contributed by atoms with van der Waals surface area (Å²) in [6, 6.07) is 12.0. The molecule has 5 nitrogen and oxygen atoms in total. The van der Waals surface area contributed by atoms with Gasteiger partial charge in [0, 0.05) is 26.3 Å². The first-order valence-corrected chi connectivity index (χ1v) is 7.74. The highest BCUT2D eigenvalue weighted by molar-refractivity contribution is 5.71. The molecule has 0 N–H and O–H groups in total. The number of hydrogen-bond acceptors (Lipinski definition) is 4. The topological polar surface area (TPSA) is 49.2 Å². The van der Waals surface area contributed by atoms with E-state index in [0.717, 1.165) is 48.7 Å². The summed E-state index contributed by atoms with van der Waals surface area (Å²) < 4.78 is 12.7. The summed E-state index contributed by atoms with van der Waals surface area (Å²) in [5.74, 6) is 1.90. The number of pyridine rings is 1. The Morgan fingerprint density at radius 3 is 2.87 bits per heavy atom. The van der Waals surface area contributed by atoms with Crippen LogP contribution in [0.15, 0.2) is 42.6 Å². The third-order valence-corrected chi connectivity index (χ3v) is 3.81. The lowest BCUT2D eigenvalue weighted by Gasteiger charge is -2.10. The van der Waals surface area contributed by atoms with E-state index in [4.69, 9.17) is 14.5 Å². The first-order chi connectivity index (χ1) is 11.3. The van der Waals surface area contributed by atoms with Crippen molar-refractivity contribution in [3.63, 3.8) is 0 Å². The highest BCUT2D eigenvalue weighted by atomic mass is 16.5. The van der Waals surface area contributed by atoms with Crippen LogP contribution in [-0.2, 0) is 17.7 Å². The monoisotopic (exact) mass is 311 g/mol. The van der Waals surface area contributed by atoms with Gasteiger partial charge in [-0.3, -0.25) is 0 Å². The van der Waals surface area contributed by atoms with Crippen molar-refractivity contribution in [2.24, 2.45) is 0 Å². The molecule has 0 atom stereocenters. The molecular formula is C18H21N3O2. The van der Waals surface area contributed by atoms with E-state index >= 15 is 0 Å². The average molecular weight is 311 g/mol. The van der Waals surface area contributed by atoms with Crippen molar-refractivity contribution in [2.75, 3.05) is 20.8 Å². The molecule has 3 rings (SSSR count). The fourth-order valence-electron chi connectivity index (χ4n) is 2.69. The van der Waals surface area contributed by atoms with Gasteiger partial charge in [-0.05, 0) is 36.2 Å². The van der Waals surface area contributed by atoms with Crippen LogP contribution in [0.1, 0.15) is 17.8 Å². The van der Waals surface area contributed by atoms with E-state index in [1.54, 1.807) is 14.2 Å². The lowest BCUT2D eigenvalue weighted by atomic mass is 10.2. The van der Waals surface area contributed by atoms with E-state index in [0.29, 0.717) is 0 Å². The zero-order chi connectivity index (χ0) is 16.1. The van der Waals surface area contributed by atoms with Crippen LogP contribution < -0.4 is 4.74 Å². The zero-order valence-corrected chi connectivity index (χ0v) is 13.5. The number of benzene rings is 1. The predicted octanol–water partition coefficient (Wildman–Crippen LogP) is 3.07. The quantitative estimate of drug-likeness (QED) is 0.629. The predicted molar refractivity (Wildman–Crippen MR) is 89.8 cm³/mol. The van der Waals surface area contributed by atoms with Gasteiger partial charge in [-0.2, -0.15) is 0 Å². The Balaban J connectivity index is 1.94. The summed E-state index contributed by atoms with van der Waals surface area (Å²) in [7, 11) is 3.41. The lowest BCUT2D eigenvalue weighted by Crippen LogP contribution is -2.07. The Labute approximate surface area is 135 Å². The molecular weight excluding hydrogens is 290 g/mol. The standard InChI is InChI=1S/C18H21N3O2/c1-22-11-5-9-17-20-16-8-4-10-19-18(16)21(17)13-14-6-3-7-15(12-14)23-2/h3-4,6-8,10,12H,5,9,11,13H2,1-2H3. The molecule has 0 saturated carbocycles. The summed E-state index contributed by atoms with van der Waals surface area (Å²) in [4.78, 5) is 9.24. The van der Waals surface area contributed by atoms with Crippen molar-refractivity contribution in [2.45, 2.75) is 19.4 Å². The van der Waals surface area contributed by atoms with Gasteiger partial charge in [0.05, 0.1) is 13.7 Å². The Hall–Kier alpha value is -2.40. The number of ether oxygens (including phenoxy) is 2. The first-order valence-electron chi connectivity index (χ1n) is 7.74. The van der Waals surface area contributed by atoms with Crippen LogP contribution in [0.3, 0.4) is 0 Å². The summed E-state index contributed by atoms with van der Waals surface area (Å²) in [5, 5.41) is 0. The van der Waals surface area contributed by atoms with Gasteiger partial charge in [0.1, 0.15) is 17.1 Å². The number of rotatable bonds is 7. The average Bonchev–Trinajstić information content (AvgIpc) is 2.93. The molecule has 0 amide bonds. The molecule has 3 aromatic rings. The Morgan fingerprint density at radius 1 is 1.13 bits per heavy atom. The van der Waals surface area contributed by atoms with E-state index < -0.39 is 0 Å². The Morgan fingerprint density at radius 2 is 2.04 bits per heavy atom. The van der Waals surface area contributed by atoms with Crippen LogP contribution in [0, 0.1) is 0 Å². The number of fused-ring (bicyclic) bond motifs is 1. The molecule has 0 aliphatic heterocycles. The second-order valence-electron chi connectivity index (χ2n) is 5.41. The Bertz CT molecular complexity index is 783. The fourth-order valence-corrected chi connectivity index (χ4v) is 2.69. The molecule has 0 radical (unpaired) electrons. The van der Waals surface area contributed by atoms with Crippen LogP contribution in [-0.4, -0.2) is 35.4 Å². The van der Waals surface area contributed by atoms with Crippen LogP contribution in [0.4, 0.5) is 0 Å². The van der Waals surface area contributed by atoms with Crippen molar-refractivity contribution >= 4 is 11.2 Å². The van der Waals surface area contributed by atoms with E-state index in [9.17, 15) is 0 Å². The van der Waals surface area contributed by atoms with E-state index in [2.05, 4.69) is 15.6 Å². The maximum Gasteiger partial charge on any atom is 0.160 e. The number of aryl methyl sites for hydroxylation is 1. The molecule has 0 spiro atoms. The molecule has 0 bridgehead atoms. The number of nitrogens with zero attached hydrogens (tertiary/aromatic N) is 3. The molecule has 1 aromatic carbocycles. The summed E-state index contributed by atoms with van der Waals surface area (Å²) >= 11 is 0. The highest BCUT2D eigenvalue weighted by Gasteiger charge is 2.12. The molecule has 5 heteroatoms. The summed E-state index contributed by atoms with van der Waals surface area (Å²) in [6.45, 7) is 1.46. The minimum atomic E-state index is 0.729. The molecule has 2 heterocycles. The molecule has 0 aliphatic rings. The van der Waals surface area contributed by atoms with Gasteiger partial charge in [-0.25, -0.2) is 9.97 Å². The third-order valence-electron chi connectivity index (χ3n) is 3.81. The normalized spacial score (nSPS) is 11.0. The first kappa shape index (κ1) is 15.5. The molecule has 0 unspecified atom stereocenters. The van der Waals surface area contributed by atoms with Gasteiger partial charge in [0.25, 0.3) is 0 Å². The van der Waals surface area contributed by atoms with Gasteiger partial charge >= 0.3 is 0 Å².